The molecule has 3 aromatic rings. The summed E-state index contributed by atoms with van der Waals surface area (Å²) in [6.07, 6.45) is 4.77. The van der Waals surface area contributed by atoms with Crippen LogP contribution in [0.15, 0.2) is 24.5 Å². The zero-order chi connectivity index (χ0) is 20.5. The lowest BCUT2D eigenvalue weighted by molar-refractivity contribution is -0.133. The van der Waals surface area contributed by atoms with Gasteiger partial charge in [0.2, 0.25) is 0 Å². The topological polar surface area (TPSA) is 74.6 Å². The molecule has 0 aromatic carbocycles. The fourth-order valence-corrected chi connectivity index (χ4v) is 4.94. The number of alkyl halides is 2. The summed E-state index contributed by atoms with van der Waals surface area (Å²) in [5.41, 5.74) is 2.37. The first-order valence-electron chi connectivity index (χ1n) is 10.4. The Morgan fingerprint density at radius 2 is 2.07 bits per heavy atom. The number of fused-ring (bicyclic) bond motifs is 3. The van der Waals surface area contributed by atoms with Gasteiger partial charge in [-0.05, 0) is 13.0 Å². The molecule has 0 aliphatic carbocycles. The van der Waals surface area contributed by atoms with Crippen molar-refractivity contribution in [2.45, 2.75) is 50.4 Å². The quantitative estimate of drug-likeness (QED) is 0.709. The second-order valence-electron chi connectivity index (χ2n) is 8.60. The Morgan fingerprint density at radius 1 is 1.27 bits per heavy atom. The van der Waals surface area contributed by atoms with Crippen LogP contribution in [0.1, 0.15) is 26.2 Å². The Balaban J connectivity index is 1.47. The van der Waals surface area contributed by atoms with E-state index < -0.39 is 5.92 Å². The Labute approximate surface area is 171 Å². The molecule has 0 amide bonds. The summed E-state index contributed by atoms with van der Waals surface area (Å²) >= 11 is 0. The molecule has 3 unspecified atom stereocenters. The maximum Gasteiger partial charge on any atom is 0.251 e. The van der Waals surface area contributed by atoms with Gasteiger partial charge in [-0.3, -0.25) is 5.10 Å². The van der Waals surface area contributed by atoms with E-state index in [1.165, 1.54) is 0 Å². The highest BCUT2D eigenvalue weighted by atomic mass is 19.3. The van der Waals surface area contributed by atoms with Crippen molar-refractivity contribution in [3.8, 4) is 11.5 Å². The van der Waals surface area contributed by atoms with Crippen molar-refractivity contribution in [1.29, 1.82) is 0 Å². The van der Waals surface area contributed by atoms with E-state index in [2.05, 4.69) is 25.0 Å². The summed E-state index contributed by atoms with van der Waals surface area (Å²) in [4.78, 5) is 8.85. The molecular formula is C20H23F2N7O. The third kappa shape index (κ3) is 2.84. The predicted molar refractivity (Wildman–Crippen MR) is 107 cm³/mol. The molecule has 158 valence electrons. The normalized spacial score (nSPS) is 28.0. The molecule has 0 saturated carbocycles. The number of nitrogens with one attached hydrogen (secondary N) is 1. The first-order chi connectivity index (χ1) is 14.5. The maximum atomic E-state index is 14.0. The lowest BCUT2D eigenvalue weighted by Gasteiger charge is -2.47. The molecule has 2 bridgehead atoms. The number of nitrogens with zero attached hydrogens (tertiary/aromatic N) is 6. The molecule has 3 atom stereocenters. The van der Waals surface area contributed by atoms with Gasteiger partial charge in [0.1, 0.15) is 11.2 Å². The van der Waals surface area contributed by atoms with E-state index in [1.807, 2.05) is 19.1 Å². The van der Waals surface area contributed by atoms with Crippen LogP contribution in [0.4, 0.5) is 20.3 Å². The van der Waals surface area contributed by atoms with Crippen molar-refractivity contribution in [3.63, 3.8) is 0 Å². The van der Waals surface area contributed by atoms with Crippen LogP contribution in [-0.2, 0) is 4.74 Å². The number of ether oxygens (including phenoxy) is 1. The third-order valence-electron chi connectivity index (χ3n) is 6.44. The van der Waals surface area contributed by atoms with Crippen LogP contribution < -0.4 is 9.80 Å². The van der Waals surface area contributed by atoms with Crippen LogP contribution in [0.3, 0.4) is 0 Å². The smallest absolute Gasteiger partial charge is 0.251 e. The van der Waals surface area contributed by atoms with Gasteiger partial charge in [0.15, 0.2) is 11.6 Å². The SMILES string of the molecule is CC1CC(F)(F)CCN1c1cc(N2CC3CC(C2)O3)nn2c(-c3cc[nH]n3)ncc12. The van der Waals surface area contributed by atoms with Crippen LogP contribution in [0.25, 0.3) is 17.0 Å². The molecule has 7 rings (SSSR count). The van der Waals surface area contributed by atoms with Crippen LogP contribution in [0.2, 0.25) is 0 Å². The highest BCUT2D eigenvalue weighted by Crippen LogP contribution is 2.39. The molecule has 8 nitrogen and oxygen atoms in total. The fourth-order valence-electron chi connectivity index (χ4n) is 4.94. The number of rotatable bonds is 3. The van der Waals surface area contributed by atoms with Gasteiger partial charge in [0, 0.05) is 57.2 Å². The van der Waals surface area contributed by atoms with Gasteiger partial charge >= 0.3 is 0 Å². The maximum absolute atomic E-state index is 14.0. The second kappa shape index (κ2) is 6.37. The van der Waals surface area contributed by atoms with Gasteiger partial charge in [0.25, 0.3) is 5.92 Å². The number of anilines is 2. The minimum Gasteiger partial charge on any atom is -0.371 e. The molecule has 30 heavy (non-hydrogen) atoms. The van der Waals surface area contributed by atoms with E-state index in [9.17, 15) is 8.78 Å². The Hall–Kier alpha value is -2.75. The average Bonchev–Trinajstić information content (AvgIpc) is 3.36. The molecule has 7 heterocycles. The van der Waals surface area contributed by atoms with Crippen molar-refractivity contribution in [2.75, 3.05) is 29.4 Å². The van der Waals surface area contributed by atoms with Crippen molar-refractivity contribution in [1.82, 2.24) is 24.8 Å². The molecule has 4 aliphatic heterocycles. The summed E-state index contributed by atoms with van der Waals surface area (Å²) in [5, 5.41) is 11.9. The minimum atomic E-state index is -2.62. The third-order valence-corrected chi connectivity index (χ3v) is 6.44. The molecule has 0 radical (unpaired) electrons. The van der Waals surface area contributed by atoms with Gasteiger partial charge in [-0.1, -0.05) is 0 Å². The van der Waals surface area contributed by atoms with E-state index in [4.69, 9.17) is 9.84 Å². The van der Waals surface area contributed by atoms with Crippen molar-refractivity contribution < 1.29 is 13.5 Å². The predicted octanol–water partition coefficient (Wildman–Crippen LogP) is 2.72. The van der Waals surface area contributed by atoms with E-state index in [0.717, 1.165) is 36.5 Å². The molecule has 4 saturated heterocycles. The van der Waals surface area contributed by atoms with Crippen molar-refractivity contribution >= 4 is 17.0 Å². The zero-order valence-electron chi connectivity index (χ0n) is 16.6. The standard InChI is InChI=1S/C20H23F2N7O/c1-12-8-20(21,22)3-5-28(12)16-7-18(27-10-13-6-14(11-27)30-13)26-29-17(16)9-23-19(29)15-2-4-24-25-15/h2,4,7,9,12-14H,3,5-6,8,10-11H2,1H3,(H,24,25). The summed E-state index contributed by atoms with van der Waals surface area (Å²) in [5.74, 6) is -1.17. The van der Waals surface area contributed by atoms with E-state index in [1.54, 1.807) is 16.9 Å². The van der Waals surface area contributed by atoms with Crippen LogP contribution in [0.5, 0.6) is 0 Å². The van der Waals surface area contributed by atoms with Gasteiger partial charge in [0.05, 0.1) is 24.1 Å². The highest BCUT2D eigenvalue weighted by Gasteiger charge is 2.41. The Morgan fingerprint density at radius 3 is 2.77 bits per heavy atom. The summed E-state index contributed by atoms with van der Waals surface area (Å²) < 4.78 is 35.5. The largest absolute Gasteiger partial charge is 0.371 e. The molecule has 0 spiro atoms. The number of hydrogen-bond donors (Lipinski definition) is 1. The second-order valence-corrected chi connectivity index (χ2v) is 8.60. The first kappa shape index (κ1) is 18.1. The van der Waals surface area contributed by atoms with Crippen LogP contribution >= 0.6 is 0 Å². The van der Waals surface area contributed by atoms with Crippen molar-refractivity contribution in [3.05, 3.63) is 24.5 Å². The number of imidazole rings is 1. The van der Waals surface area contributed by atoms with Crippen molar-refractivity contribution in [2.24, 2.45) is 0 Å². The number of hydrogen-bond acceptors (Lipinski definition) is 6. The number of halogens is 2. The number of morpholine rings is 1. The number of aromatic amines is 1. The fraction of sp³-hybridized carbons (Fsp3) is 0.550. The molecule has 4 fully saturated rings. The summed E-state index contributed by atoms with van der Waals surface area (Å²) in [6, 6.07) is 3.59. The molecular weight excluding hydrogens is 392 g/mol. The van der Waals surface area contributed by atoms with E-state index in [0.29, 0.717) is 18.1 Å². The number of H-pyrrole nitrogens is 1. The monoisotopic (exact) mass is 415 g/mol. The molecule has 10 heteroatoms. The van der Waals surface area contributed by atoms with Gasteiger partial charge in [-0.15, -0.1) is 5.10 Å². The van der Waals surface area contributed by atoms with Gasteiger partial charge < -0.3 is 14.5 Å². The molecule has 4 aliphatic rings. The lowest BCUT2D eigenvalue weighted by atomic mass is 9.98. The summed E-state index contributed by atoms with van der Waals surface area (Å²) in [6.45, 7) is 3.73. The Bertz CT molecular complexity index is 1070. The van der Waals surface area contributed by atoms with Gasteiger partial charge in [-0.2, -0.15) is 5.10 Å². The summed E-state index contributed by atoms with van der Waals surface area (Å²) in [7, 11) is 0. The average molecular weight is 415 g/mol. The molecule has 3 aromatic heterocycles. The highest BCUT2D eigenvalue weighted by molar-refractivity contribution is 5.78. The molecule has 1 N–H and O–H groups in total. The number of piperidine rings is 2. The van der Waals surface area contributed by atoms with E-state index >= 15 is 0 Å². The van der Waals surface area contributed by atoms with E-state index in [-0.39, 0.29) is 31.1 Å². The first-order valence-corrected chi connectivity index (χ1v) is 10.4. The minimum absolute atomic E-state index is 0.150. The zero-order valence-corrected chi connectivity index (χ0v) is 16.6. The van der Waals surface area contributed by atoms with Crippen LogP contribution in [-0.4, -0.2) is 68.6 Å². The number of aromatic nitrogens is 5. The van der Waals surface area contributed by atoms with Gasteiger partial charge in [-0.25, -0.2) is 18.3 Å². The Kier molecular flexibility index (Phi) is 3.83. The van der Waals surface area contributed by atoms with Crippen LogP contribution in [0, 0.1) is 0 Å². The lowest BCUT2D eigenvalue weighted by Crippen LogP contribution is -2.57.